The molecule has 0 bridgehead atoms. The zero-order valence-corrected chi connectivity index (χ0v) is 55.4. The van der Waals surface area contributed by atoms with Gasteiger partial charge in [-0.2, -0.15) is 8.75 Å². The van der Waals surface area contributed by atoms with Crippen molar-refractivity contribution in [3.8, 4) is 64.8 Å². The van der Waals surface area contributed by atoms with E-state index >= 15 is 0 Å². The lowest BCUT2D eigenvalue weighted by atomic mass is 9.98. The molecule has 15 heteroatoms. The number of anilines is 6. The lowest BCUT2D eigenvalue weighted by molar-refractivity contribution is 0.414. The van der Waals surface area contributed by atoms with Gasteiger partial charge in [-0.15, -0.1) is 22.7 Å². The first kappa shape index (κ1) is 60.7. The van der Waals surface area contributed by atoms with Crippen molar-refractivity contribution in [2.75, 3.05) is 38.2 Å². The Hall–Kier alpha value is -9.80. The highest BCUT2D eigenvalue weighted by Gasteiger charge is 2.29. The fourth-order valence-corrected chi connectivity index (χ4v) is 15.8. The van der Waals surface area contributed by atoms with Crippen LogP contribution in [0, 0.1) is 0 Å². The summed E-state index contributed by atoms with van der Waals surface area (Å²) in [5.41, 5.74) is 19.2. The molecule has 0 saturated carbocycles. The molecule has 0 saturated heterocycles. The van der Waals surface area contributed by atoms with E-state index in [0.717, 1.165) is 195 Å². The Morgan fingerprint density at radius 3 is 1.01 bits per heavy atom. The van der Waals surface area contributed by atoms with E-state index < -0.39 is 0 Å². The molecule has 464 valence electrons. The van der Waals surface area contributed by atoms with E-state index in [1.807, 2.05) is 73.1 Å². The van der Waals surface area contributed by atoms with Crippen LogP contribution in [0.3, 0.4) is 0 Å². The third-order valence-electron chi connectivity index (χ3n) is 17.5. The molecule has 0 atom stereocenters. The Kier molecular flexibility index (Phi) is 17.8. The number of unbranched alkanes of at least 4 members (excludes halogenated alkanes) is 6. The third kappa shape index (κ3) is 12.0. The molecule has 0 radical (unpaired) electrons. The smallest absolute Gasteiger partial charge is 0.119 e. The van der Waals surface area contributed by atoms with Crippen molar-refractivity contribution in [3.63, 3.8) is 0 Å². The second-order valence-corrected chi connectivity index (χ2v) is 25.9. The first-order valence-electron chi connectivity index (χ1n) is 31.9. The number of hydrogen-bond acceptors (Lipinski definition) is 15. The van der Waals surface area contributed by atoms with Crippen molar-refractivity contribution < 1.29 is 18.9 Å². The maximum atomic E-state index is 5.89. The van der Waals surface area contributed by atoms with E-state index in [2.05, 4.69) is 145 Å². The molecule has 14 aromatic rings. The first-order valence-corrected chi connectivity index (χ1v) is 34.3. The molecule has 0 aliphatic carbocycles. The van der Waals surface area contributed by atoms with Crippen LogP contribution >= 0.6 is 34.4 Å². The van der Waals surface area contributed by atoms with E-state index in [4.69, 9.17) is 47.6 Å². The van der Waals surface area contributed by atoms with Crippen LogP contribution in [0.15, 0.2) is 194 Å². The summed E-state index contributed by atoms with van der Waals surface area (Å²) in [5, 5.41) is 1.79. The Labute approximate surface area is 554 Å². The summed E-state index contributed by atoms with van der Waals surface area (Å²) in [7, 11) is 6.79. The molecule has 8 aromatic carbocycles. The van der Waals surface area contributed by atoms with Gasteiger partial charge in [-0.25, -0.2) is 9.97 Å². The minimum atomic E-state index is 0.771. The van der Waals surface area contributed by atoms with E-state index in [1.165, 1.54) is 45.5 Å². The van der Waals surface area contributed by atoms with Crippen molar-refractivity contribution in [2.24, 2.45) is 0 Å². The van der Waals surface area contributed by atoms with Gasteiger partial charge in [0.15, 0.2) is 0 Å². The summed E-state index contributed by atoms with van der Waals surface area (Å²) < 4.78 is 32.9. The fraction of sp³-hybridized carbons (Fsp3) is 0.205. The van der Waals surface area contributed by atoms with Crippen LogP contribution in [0.4, 0.5) is 34.1 Å². The van der Waals surface area contributed by atoms with Crippen LogP contribution in [-0.2, 0) is 12.8 Å². The zero-order chi connectivity index (χ0) is 63.4. The van der Waals surface area contributed by atoms with E-state index in [0.29, 0.717) is 0 Å². The lowest BCUT2D eigenvalue weighted by Gasteiger charge is -2.26. The van der Waals surface area contributed by atoms with Gasteiger partial charge in [-0.1, -0.05) is 76.6 Å². The fourth-order valence-electron chi connectivity index (χ4n) is 12.7. The average Bonchev–Trinajstić information content (AvgIpc) is 1.70. The molecule has 93 heavy (non-hydrogen) atoms. The number of rotatable bonds is 24. The molecule has 0 N–H and O–H groups in total. The molecule has 6 heterocycles. The normalized spacial score (nSPS) is 11.5. The number of aryl methyl sites for hydroxylation is 2. The summed E-state index contributed by atoms with van der Waals surface area (Å²) >= 11 is 4.86. The van der Waals surface area contributed by atoms with Crippen molar-refractivity contribution in [2.45, 2.75) is 78.1 Å². The number of fused-ring (bicyclic) bond motifs is 8. The predicted molar refractivity (Wildman–Crippen MR) is 387 cm³/mol. The van der Waals surface area contributed by atoms with Crippen molar-refractivity contribution in [1.82, 2.24) is 28.7 Å². The Bertz CT molecular complexity index is 4530. The SMILES string of the molecule is CCCCCCc1cc(-c2c3nsnc3c(-c3cc(CCCCCC)c(-c4ccc(N(c5ccc(OC)cc5)c5ccc(OC)cc5)cc4)s3)c3nc4c5cccnc5c5ncccc5c4nc23)sc1-c1ccc(N(c2ccc(OC)cc2)c2ccc(OC)cc2)cc1. The second kappa shape index (κ2) is 27.2. The maximum Gasteiger partial charge on any atom is 0.119 e. The standard InChI is InChI=1S/C78H70N8O4S3/c1-7-9-11-13-17-51-47-65(91-77(51)49-21-25-53(26-22-49)85(55-29-37-59(87-3)38-30-55)56-31-39-60(88-4)40-32-56)67-73-74(82-72-64-20-16-46-80-70(64)69-63(71(72)81-73)19-15-45-79-69)68(76-75(67)83-93-84-76)66-48-52(18-14-12-10-8-2)78(92-66)50-23-27-54(28-24-50)86(57-33-41-61(89-5)42-34-57)58-35-43-62(90-6)44-36-58/h15-16,19-48H,7-14,17-18H2,1-6H3. The van der Waals surface area contributed by atoms with Gasteiger partial charge >= 0.3 is 0 Å². The van der Waals surface area contributed by atoms with E-state index in [-0.39, 0.29) is 0 Å². The molecule has 0 aliphatic rings. The summed E-state index contributed by atoms with van der Waals surface area (Å²) in [5.74, 6) is 3.20. The van der Waals surface area contributed by atoms with E-state index in [1.54, 1.807) is 51.1 Å². The molecule has 6 aromatic heterocycles. The van der Waals surface area contributed by atoms with Gasteiger partial charge in [0.2, 0.25) is 0 Å². The minimum Gasteiger partial charge on any atom is -0.497 e. The topological polar surface area (TPSA) is 121 Å². The quantitative estimate of drug-likeness (QED) is 0.0325. The number of nitrogens with zero attached hydrogens (tertiary/aromatic N) is 8. The van der Waals surface area contributed by atoms with Gasteiger partial charge in [0.05, 0.1) is 62.2 Å². The van der Waals surface area contributed by atoms with Crippen LogP contribution in [0.2, 0.25) is 0 Å². The highest BCUT2D eigenvalue weighted by atomic mass is 32.1. The molecule has 0 unspecified atom stereocenters. The predicted octanol–water partition coefficient (Wildman–Crippen LogP) is 21.9. The number of pyridine rings is 2. The summed E-state index contributed by atoms with van der Waals surface area (Å²) in [6.07, 6.45) is 14.7. The highest BCUT2D eigenvalue weighted by molar-refractivity contribution is 7.20. The molecular weight excluding hydrogens is 1210 g/mol. The Balaban J connectivity index is 0.946. The van der Waals surface area contributed by atoms with Crippen LogP contribution in [0.1, 0.15) is 76.3 Å². The van der Waals surface area contributed by atoms with Crippen molar-refractivity contribution in [1.29, 1.82) is 0 Å². The second-order valence-electron chi connectivity index (χ2n) is 23.2. The lowest BCUT2D eigenvalue weighted by Crippen LogP contribution is -2.09. The molecule has 0 spiro atoms. The van der Waals surface area contributed by atoms with Crippen LogP contribution in [0.5, 0.6) is 23.0 Å². The summed E-state index contributed by atoms with van der Waals surface area (Å²) in [6, 6.07) is 63.8. The molecular formula is C78H70N8O4S3. The van der Waals surface area contributed by atoms with Gasteiger partial charge < -0.3 is 28.7 Å². The zero-order valence-electron chi connectivity index (χ0n) is 53.0. The van der Waals surface area contributed by atoms with Gasteiger partial charge in [0.1, 0.15) is 45.1 Å². The number of benzene rings is 8. The van der Waals surface area contributed by atoms with Gasteiger partial charge in [0, 0.05) is 87.9 Å². The molecule has 0 fully saturated rings. The average molecular weight is 1280 g/mol. The number of ether oxygens (including phenoxy) is 4. The van der Waals surface area contributed by atoms with E-state index in [9.17, 15) is 0 Å². The summed E-state index contributed by atoms with van der Waals surface area (Å²) in [6.45, 7) is 4.54. The highest BCUT2D eigenvalue weighted by Crippen LogP contribution is 2.51. The van der Waals surface area contributed by atoms with Gasteiger partial charge in [-0.05, 0) is 206 Å². The van der Waals surface area contributed by atoms with Gasteiger partial charge in [0.25, 0.3) is 0 Å². The van der Waals surface area contributed by atoms with Crippen molar-refractivity contribution >= 4 is 123 Å². The molecule has 14 rings (SSSR count). The summed E-state index contributed by atoms with van der Waals surface area (Å²) in [4.78, 5) is 30.8. The van der Waals surface area contributed by atoms with Crippen LogP contribution < -0.4 is 28.7 Å². The van der Waals surface area contributed by atoms with Crippen LogP contribution in [0.25, 0.3) is 96.7 Å². The number of methoxy groups -OCH3 is 4. The van der Waals surface area contributed by atoms with Gasteiger partial charge in [-0.3, -0.25) is 9.97 Å². The Morgan fingerprint density at radius 2 is 0.688 bits per heavy atom. The molecule has 0 amide bonds. The number of thiophene rings is 2. The van der Waals surface area contributed by atoms with Crippen molar-refractivity contribution in [3.05, 3.63) is 206 Å². The third-order valence-corrected chi connectivity index (χ3v) is 20.5. The minimum absolute atomic E-state index is 0.771. The number of aromatic nitrogens is 6. The Morgan fingerprint density at radius 1 is 0.355 bits per heavy atom. The monoisotopic (exact) mass is 1280 g/mol. The van der Waals surface area contributed by atoms with Crippen LogP contribution in [-0.4, -0.2) is 57.1 Å². The number of hydrogen-bond donors (Lipinski definition) is 0. The maximum absolute atomic E-state index is 5.89. The molecule has 0 aliphatic heterocycles. The largest absolute Gasteiger partial charge is 0.497 e. The first-order chi connectivity index (χ1) is 45.8. The molecule has 12 nitrogen and oxygen atoms in total.